The molecule has 1 aromatic carbocycles. The van der Waals surface area contributed by atoms with E-state index in [4.69, 9.17) is 0 Å². The summed E-state index contributed by atoms with van der Waals surface area (Å²) in [5.41, 5.74) is 4.42. The minimum atomic E-state index is -3.03. The number of carbonyl (C=O) groups is 1. The summed E-state index contributed by atoms with van der Waals surface area (Å²) in [5, 5.41) is 3.29. The van der Waals surface area contributed by atoms with Crippen molar-refractivity contribution < 1.29 is 13.2 Å². The van der Waals surface area contributed by atoms with Crippen LogP contribution in [0.4, 0.5) is 11.4 Å². The van der Waals surface area contributed by atoms with Crippen LogP contribution in [-0.4, -0.2) is 48.8 Å². The Labute approximate surface area is 154 Å². The fourth-order valence-corrected chi connectivity index (χ4v) is 4.91. The zero-order valence-electron chi connectivity index (χ0n) is 15.2. The molecule has 7 heteroatoms. The average molecular weight is 373 g/mol. The van der Waals surface area contributed by atoms with Gasteiger partial charge < -0.3 is 10.2 Å². The second kappa shape index (κ2) is 7.07. The first-order valence-corrected chi connectivity index (χ1v) is 10.4. The number of nitrogens with zero attached hydrogens (tertiary/aromatic N) is 2. The maximum atomic E-state index is 12.6. The number of hydrogen-bond donors (Lipinski definition) is 1. The van der Waals surface area contributed by atoms with Crippen LogP contribution in [0.2, 0.25) is 0 Å². The molecule has 1 unspecified atom stereocenters. The van der Waals surface area contributed by atoms with Crippen LogP contribution in [-0.2, 0) is 9.84 Å². The number of rotatable bonds is 4. The van der Waals surface area contributed by atoms with E-state index >= 15 is 0 Å². The van der Waals surface area contributed by atoms with Crippen LogP contribution in [0.15, 0.2) is 36.5 Å². The summed E-state index contributed by atoms with van der Waals surface area (Å²) in [4.78, 5) is 18.3. The number of aryl methyl sites for hydroxylation is 2. The zero-order chi connectivity index (χ0) is 18.9. The molecule has 6 nitrogen and oxygen atoms in total. The van der Waals surface area contributed by atoms with Gasteiger partial charge in [-0.2, -0.15) is 0 Å². The molecule has 0 saturated carbocycles. The molecule has 0 bridgehead atoms. The van der Waals surface area contributed by atoms with E-state index < -0.39 is 9.84 Å². The van der Waals surface area contributed by atoms with Gasteiger partial charge in [0.2, 0.25) is 0 Å². The van der Waals surface area contributed by atoms with Crippen molar-refractivity contribution in [3.05, 3.63) is 53.3 Å². The molecule has 1 aliphatic heterocycles. The minimum Gasteiger partial charge on any atom is -0.354 e. The van der Waals surface area contributed by atoms with Gasteiger partial charge in [-0.1, -0.05) is 17.7 Å². The molecule has 1 amide bonds. The number of anilines is 2. The largest absolute Gasteiger partial charge is 0.354 e. The third-order valence-electron chi connectivity index (χ3n) is 4.72. The quantitative estimate of drug-likeness (QED) is 0.891. The lowest BCUT2D eigenvalue weighted by atomic mass is 10.1. The Balaban J connectivity index is 1.70. The molecule has 1 aliphatic rings. The van der Waals surface area contributed by atoms with Gasteiger partial charge in [-0.15, -0.1) is 0 Å². The van der Waals surface area contributed by atoms with E-state index in [0.717, 1.165) is 16.9 Å². The maximum Gasteiger partial charge on any atom is 0.272 e. The van der Waals surface area contributed by atoms with E-state index in [-0.39, 0.29) is 23.5 Å². The van der Waals surface area contributed by atoms with Crippen LogP contribution in [0, 0.1) is 13.8 Å². The molecular formula is C19H23N3O3S. The van der Waals surface area contributed by atoms with Gasteiger partial charge in [0.15, 0.2) is 9.84 Å². The van der Waals surface area contributed by atoms with Crippen LogP contribution in [0.25, 0.3) is 0 Å². The molecule has 3 rings (SSSR count). The first-order chi connectivity index (χ1) is 12.2. The summed E-state index contributed by atoms with van der Waals surface area (Å²) in [7, 11) is -1.39. The van der Waals surface area contributed by atoms with Gasteiger partial charge in [0, 0.05) is 18.8 Å². The second-order valence-electron chi connectivity index (χ2n) is 6.85. The van der Waals surface area contributed by atoms with Gasteiger partial charge in [0.25, 0.3) is 5.91 Å². The molecule has 0 aliphatic carbocycles. The van der Waals surface area contributed by atoms with Crippen molar-refractivity contribution in [1.82, 2.24) is 9.88 Å². The van der Waals surface area contributed by atoms with Crippen LogP contribution in [0.3, 0.4) is 0 Å². The third kappa shape index (κ3) is 4.04. The highest BCUT2D eigenvalue weighted by Gasteiger charge is 2.33. The first-order valence-electron chi connectivity index (χ1n) is 8.53. The molecule has 0 radical (unpaired) electrons. The monoisotopic (exact) mass is 373 g/mol. The fourth-order valence-electron chi connectivity index (χ4n) is 3.13. The van der Waals surface area contributed by atoms with Crippen molar-refractivity contribution in [2.45, 2.75) is 26.3 Å². The predicted molar refractivity (Wildman–Crippen MR) is 103 cm³/mol. The number of sulfone groups is 1. The first kappa shape index (κ1) is 18.4. The zero-order valence-corrected chi connectivity index (χ0v) is 16.0. The smallest absolute Gasteiger partial charge is 0.272 e. The number of benzene rings is 1. The summed E-state index contributed by atoms with van der Waals surface area (Å²) in [5.74, 6) is -0.0894. The van der Waals surface area contributed by atoms with E-state index in [1.54, 1.807) is 25.4 Å². The van der Waals surface area contributed by atoms with Crippen molar-refractivity contribution in [2.75, 3.05) is 23.9 Å². The molecule has 138 valence electrons. The summed E-state index contributed by atoms with van der Waals surface area (Å²) in [6, 6.07) is 9.33. The molecule has 2 aromatic rings. The Morgan fingerprint density at radius 1 is 1.23 bits per heavy atom. The maximum absolute atomic E-state index is 12.6. The number of nitrogens with one attached hydrogen (secondary N) is 1. The highest BCUT2D eigenvalue weighted by Crippen LogP contribution is 2.22. The topological polar surface area (TPSA) is 79.4 Å². The highest BCUT2D eigenvalue weighted by atomic mass is 32.2. The lowest BCUT2D eigenvalue weighted by Crippen LogP contribution is -2.38. The molecule has 0 spiro atoms. The van der Waals surface area contributed by atoms with E-state index in [9.17, 15) is 13.2 Å². The molecule has 1 fully saturated rings. The van der Waals surface area contributed by atoms with Crippen LogP contribution in [0.1, 0.15) is 28.0 Å². The van der Waals surface area contributed by atoms with Crippen LogP contribution >= 0.6 is 0 Å². The Morgan fingerprint density at radius 3 is 2.58 bits per heavy atom. The summed E-state index contributed by atoms with van der Waals surface area (Å²) < 4.78 is 23.2. The van der Waals surface area contributed by atoms with Gasteiger partial charge in [-0.3, -0.25) is 4.79 Å². The number of aromatic nitrogens is 1. The SMILES string of the molecule is Cc1ccc(Nc2ccc(C(=O)N(C)C3CCS(=O)(=O)C3)nc2)c(C)c1. The standard InChI is InChI=1S/C19H23N3O3S/c1-13-4-6-17(14(2)10-13)21-15-5-7-18(20-11-15)19(23)22(3)16-8-9-26(24,25)12-16/h4-7,10-11,16,21H,8-9,12H2,1-3H3. The van der Waals surface area contributed by atoms with Crippen LogP contribution < -0.4 is 5.32 Å². The van der Waals surface area contributed by atoms with Crippen molar-refractivity contribution in [2.24, 2.45) is 0 Å². The average Bonchev–Trinajstić information content (AvgIpc) is 2.97. The van der Waals surface area contributed by atoms with Crippen molar-refractivity contribution in [1.29, 1.82) is 0 Å². The predicted octanol–water partition coefficient (Wildman–Crippen LogP) is 2.70. The van der Waals surface area contributed by atoms with E-state index in [1.165, 1.54) is 10.5 Å². The normalized spacial score (nSPS) is 18.5. The Bertz CT molecular complexity index is 924. The number of pyridine rings is 1. The van der Waals surface area contributed by atoms with Gasteiger partial charge in [0.05, 0.1) is 23.4 Å². The van der Waals surface area contributed by atoms with Gasteiger partial charge in [0.1, 0.15) is 5.69 Å². The molecule has 26 heavy (non-hydrogen) atoms. The number of amides is 1. The molecule has 1 N–H and O–H groups in total. The Kier molecular flexibility index (Phi) is 5.00. The molecule has 1 atom stereocenters. The molecule has 1 saturated heterocycles. The summed E-state index contributed by atoms with van der Waals surface area (Å²) in [6.45, 7) is 4.08. The van der Waals surface area contributed by atoms with Gasteiger partial charge in [-0.25, -0.2) is 13.4 Å². The second-order valence-corrected chi connectivity index (χ2v) is 9.08. The van der Waals surface area contributed by atoms with Gasteiger partial charge in [-0.05, 0) is 44.0 Å². The summed E-state index contributed by atoms with van der Waals surface area (Å²) >= 11 is 0. The number of carbonyl (C=O) groups excluding carboxylic acids is 1. The van der Waals surface area contributed by atoms with E-state index in [1.807, 2.05) is 26.0 Å². The summed E-state index contributed by atoms with van der Waals surface area (Å²) in [6.07, 6.45) is 2.10. The van der Waals surface area contributed by atoms with Crippen molar-refractivity contribution in [3.8, 4) is 0 Å². The Morgan fingerprint density at radius 2 is 2.00 bits per heavy atom. The lowest BCUT2D eigenvalue weighted by Gasteiger charge is -2.23. The lowest BCUT2D eigenvalue weighted by molar-refractivity contribution is 0.0742. The van der Waals surface area contributed by atoms with E-state index in [0.29, 0.717) is 12.1 Å². The van der Waals surface area contributed by atoms with Crippen molar-refractivity contribution >= 4 is 27.1 Å². The van der Waals surface area contributed by atoms with Gasteiger partial charge >= 0.3 is 0 Å². The minimum absolute atomic E-state index is 0.0293. The molecule has 1 aromatic heterocycles. The highest BCUT2D eigenvalue weighted by molar-refractivity contribution is 7.91. The fraction of sp³-hybridized carbons (Fsp3) is 0.368. The third-order valence-corrected chi connectivity index (χ3v) is 6.47. The van der Waals surface area contributed by atoms with Crippen molar-refractivity contribution in [3.63, 3.8) is 0 Å². The number of hydrogen-bond acceptors (Lipinski definition) is 5. The van der Waals surface area contributed by atoms with Crippen LogP contribution in [0.5, 0.6) is 0 Å². The Hall–Kier alpha value is -2.41. The molecule has 2 heterocycles. The van der Waals surface area contributed by atoms with E-state index in [2.05, 4.69) is 16.4 Å². The molecular weight excluding hydrogens is 350 g/mol.